The molecule has 0 aromatic heterocycles. The number of allylic oxidation sites excluding steroid dienone is 1. The summed E-state index contributed by atoms with van der Waals surface area (Å²) in [4.78, 5) is 55.6. The Morgan fingerprint density at radius 2 is 1.33 bits per heavy atom. The number of esters is 2. The molecule has 2 amide bonds. The van der Waals surface area contributed by atoms with Gasteiger partial charge in [-0.2, -0.15) is 0 Å². The van der Waals surface area contributed by atoms with Crippen LogP contribution in [0.1, 0.15) is 36.8 Å². The summed E-state index contributed by atoms with van der Waals surface area (Å²) in [6.07, 6.45) is 0.761. The van der Waals surface area contributed by atoms with E-state index in [1.54, 1.807) is 28.0 Å². The lowest BCUT2D eigenvalue weighted by Crippen LogP contribution is -2.50. The Kier molecular flexibility index (Phi) is 10.3. The molecule has 11 heteroatoms. The summed E-state index contributed by atoms with van der Waals surface area (Å²) in [7, 11) is 2.49. The van der Waals surface area contributed by atoms with E-state index in [2.05, 4.69) is 5.32 Å². The summed E-state index contributed by atoms with van der Waals surface area (Å²) < 4.78 is 10.4. The van der Waals surface area contributed by atoms with Crippen LogP contribution in [0.5, 0.6) is 0 Å². The van der Waals surface area contributed by atoms with Gasteiger partial charge in [-0.05, 0) is 30.5 Å². The summed E-state index contributed by atoms with van der Waals surface area (Å²) in [6, 6.07) is 14.6. The lowest BCUT2D eigenvalue weighted by Gasteiger charge is -2.36. The maximum Gasteiger partial charge on any atom is 0.336 e. The minimum absolute atomic E-state index is 0.0465. The first kappa shape index (κ1) is 31.1. The Morgan fingerprint density at radius 1 is 0.786 bits per heavy atom. The van der Waals surface area contributed by atoms with Gasteiger partial charge in [0.1, 0.15) is 0 Å². The number of carbonyl (C=O) groups is 4. The van der Waals surface area contributed by atoms with Crippen molar-refractivity contribution in [3.63, 3.8) is 0 Å². The van der Waals surface area contributed by atoms with Crippen LogP contribution >= 0.6 is 23.2 Å². The summed E-state index contributed by atoms with van der Waals surface area (Å²) in [5.41, 5.74) is 2.36. The highest BCUT2D eigenvalue weighted by atomic mass is 35.5. The first-order chi connectivity index (χ1) is 20.2. The average Bonchev–Trinajstić information content (AvgIpc) is 2.99. The molecule has 1 atom stereocenters. The van der Waals surface area contributed by atoms with Gasteiger partial charge >= 0.3 is 11.9 Å². The number of hydrogen-bond acceptors (Lipinski definition) is 7. The molecule has 1 fully saturated rings. The lowest BCUT2D eigenvalue weighted by molar-refractivity contribution is -0.138. The monoisotopic (exact) mass is 613 g/mol. The number of hydrogen-bond donors (Lipinski definition) is 1. The second kappa shape index (κ2) is 13.9. The minimum Gasteiger partial charge on any atom is -0.466 e. The van der Waals surface area contributed by atoms with Crippen LogP contribution in [0.3, 0.4) is 0 Å². The zero-order chi connectivity index (χ0) is 30.4. The first-order valence-corrected chi connectivity index (χ1v) is 14.3. The molecule has 222 valence electrons. The fraction of sp³-hybridized carbons (Fsp3) is 0.355. The molecule has 2 aliphatic rings. The number of nitrogens with one attached hydrogen (secondary N) is 1. The van der Waals surface area contributed by atoms with Crippen LogP contribution in [0.4, 0.5) is 0 Å². The third-order valence-corrected chi connectivity index (χ3v) is 8.20. The van der Waals surface area contributed by atoms with Crippen molar-refractivity contribution in [1.82, 2.24) is 15.1 Å². The van der Waals surface area contributed by atoms with E-state index in [0.29, 0.717) is 50.3 Å². The maximum absolute atomic E-state index is 13.6. The van der Waals surface area contributed by atoms with Crippen molar-refractivity contribution >= 4 is 47.0 Å². The van der Waals surface area contributed by atoms with Crippen molar-refractivity contribution in [2.45, 2.75) is 32.1 Å². The molecule has 1 N–H and O–H groups in total. The molecule has 42 heavy (non-hydrogen) atoms. The molecule has 2 aromatic carbocycles. The van der Waals surface area contributed by atoms with E-state index >= 15 is 0 Å². The van der Waals surface area contributed by atoms with E-state index in [1.807, 2.05) is 30.3 Å². The predicted octanol–water partition coefficient (Wildman–Crippen LogP) is 4.25. The summed E-state index contributed by atoms with van der Waals surface area (Å²) in [6.45, 7) is 3.07. The third kappa shape index (κ3) is 6.79. The van der Waals surface area contributed by atoms with E-state index < -0.39 is 17.9 Å². The van der Waals surface area contributed by atoms with Gasteiger partial charge in [-0.3, -0.25) is 9.59 Å². The quantitative estimate of drug-likeness (QED) is 0.444. The smallest absolute Gasteiger partial charge is 0.336 e. The van der Waals surface area contributed by atoms with E-state index in [1.165, 1.54) is 21.1 Å². The van der Waals surface area contributed by atoms with Gasteiger partial charge in [0.15, 0.2) is 0 Å². The van der Waals surface area contributed by atoms with Crippen molar-refractivity contribution in [3.05, 3.63) is 92.2 Å². The number of piperazine rings is 1. The summed E-state index contributed by atoms with van der Waals surface area (Å²) >= 11 is 13.3. The number of amides is 2. The molecule has 2 aromatic rings. The van der Waals surface area contributed by atoms with Gasteiger partial charge in [-0.1, -0.05) is 59.6 Å². The molecule has 9 nitrogen and oxygen atoms in total. The number of aryl methyl sites for hydroxylation is 1. The first-order valence-electron chi connectivity index (χ1n) is 13.6. The van der Waals surface area contributed by atoms with Crippen molar-refractivity contribution in [1.29, 1.82) is 0 Å². The Balaban J connectivity index is 1.82. The summed E-state index contributed by atoms with van der Waals surface area (Å²) in [5.74, 6) is -2.75. The molecule has 0 aliphatic carbocycles. The number of carbonyl (C=O) groups excluding carboxylic acids is 4. The van der Waals surface area contributed by atoms with Crippen molar-refractivity contribution in [3.8, 4) is 0 Å². The van der Waals surface area contributed by atoms with E-state index in [-0.39, 0.29) is 45.1 Å². The Labute approximate surface area is 255 Å². The van der Waals surface area contributed by atoms with Gasteiger partial charge in [0.05, 0.1) is 37.7 Å². The number of halogens is 2. The lowest BCUT2D eigenvalue weighted by atomic mass is 9.78. The van der Waals surface area contributed by atoms with Crippen LogP contribution in [0.15, 0.2) is 71.1 Å². The van der Waals surface area contributed by atoms with Crippen molar-refractivity contribution in [2.75, 3.05) is 40.4 Å². The predicted molar refractivity (Wildman–Crippen MR) is 159 cm³/mol. The average molecular weight is 615 g/mol. The molecular weight excluding hydrogens is 581 g/mol. The van der Waals surface area contributed by atoms with Crippen LogP contribution in [0.25, 0.3) is 0 Å². The molecule has 1 saturated heterocycles. The normalized spacial score (nSPS) is 17.1. The topological polar surface area (TPSA) is 105 Å². The van der Waals surface area contributed by atoms with E-state index in [4.69, 9.17) is 32.7 Å². The van der Waals surface area contributed by atoms with Gasteiger partial charge in [0.25, 0.3) is 0 Å². The number of methoxy groups -OCH3 is 2. The standard InChI is InChI=1S/C31H33Cl2N3O6/c1-19(37)35-14-16-36(17-15-35)25(38)18-24-28(31(40)42-3)29(26-21(32)10-7-11-22(26)33)27(30(39)41-2)23(34-24)13-12-20-8-5-4-6-9-20/h4-11,29,34H,12-18H2,1-3H3. The number of ether oxygens (including phenoxy) is 2. The molecule has 2 aliphatic heterocycles. The molecule has 4 rings (SSSR count). The van der Waals surface area contributed by atoms with Crippen LogP contribution in [-0.4, -0.2) is 74.0 Å². The highest BCUT2D eigenvalue weighted by Gasteiger charge is 2.42. The number of dihydropyridines is 1. The highest BCUT2D eigenvalue weighted by molar-refractivity contribution is 6.36. The molecule has 1 unspecified atom stereocenters. The van der Waals surface area contributed by atoms with Crippen LogP contribution in [0, 0.1) is 0 Å². The van der Waals surface area contributed by atoms with E-state index in [9.17, 15) is 19.2 Å². The second-order valence-electron chi connectivity index (χ2n) is 10.0. The van der Waals surface area contributed by atoms with Crippen molar-refractivity contribution in [2.24, 2.45) is 0 Å². The zero-order valence-electron chi connectivity index (χ0n) is 23.7. The highest BCUT2D eigenvalue weighted by Crippen LogP contribution is 2.46. The molecule has 2 heterocycles. The van der Waals surface area contributed by atoms with Gasteiger partial charge in [0, 0.05) is 60.1 Å². The molecule has 0 bridgehead atoms. The molecule has 0 saturated carbocycles. The third-order valence-electron chi connectivity index (χ3n) is 7.54. The SMILES string of the molecule is COC(=O)C1=C(CCc2ccccc2)NC(CC(=O)N2CCN(C(C)=O)CC2)=C(C(=O)OC)C1c1c(Cl)cccc1Cl. The molecule has 0 radical (unpaired) electrons. The van der Waals surface area contributed by atoms with Crippen molar-refractivity contribution < 1.29 is 28.7 Å². The van der Waals surface area contributed by atoms with Gasteiger partial charge in [-0.25, -0.2) is 9.59 Å². The van der Waals surface area contributed by atoms with Gasteiger partial charge in [-0.15, -0.1) is 0 Å². The zero-order valence-corrected chi connectivity index (χ0v) is 25.3. The fourth-order valence-electron chi connectivity index (χ4n) is 5.37. The molecule has 0 spiro atoms. The van der Waals surface area contributed by atoms with Crippen LogP contribution in [-0.2, 0) is 35.1 Å². The van der Waals surface area contributed by atoms with E-state index in [0.717, 1.165) is 5.56 Å². The number of benzene rings is 2. The summed E-state index contributed by atoms with van der Waals surface area (Å²) in [5, 5.41) is 3.73. The fourth-order valence-corrected chi connectivity index (χ4v) is 5.99. The van der Waals surface area contributed by atoms with Crippen LogP contribution in [0.2, 0.25) is 10.0 Å². The maximum atomic E-state index is 13.6. The second-order valence-corrected chi connectivity index (χ2v) is 10.8. The minimum atomic E-state index is -1.06. The van der Waals surface area contributed by atoms with Gasteiger partial charge < -0.3 is 24.6 Å². The molecular formula is C31H33Cl2N3O6. The van der Waals surface area contributed by atoms with Gasteiger partial charge in [0.2, 0.25) is 11.8 Å². The Morgan fingerprint density at radius 3 is 1.88 bits per heavy atom. The largest absolute Gasteiger partial charge is 0.466 e. The number of rotatable bonds is 8. The Hall–Kier alpha value is -3.82. The number of nitrogens with zero attached hydrogens (tertiary/aromatic N) is 2. The Bertz CT molecular complexity index is 1410. The van der Waals surface area contributed by atoms with Crippen LogP contribution < -0.4 is 5.32 Å².